The van der Waals surface area contributed by atoms with E-state index in [0.717, 1.165) is 11.3 Å². The normalized spacial score (nSPS) is 10.4. The van der Waals surface area contributed by atoms with Gasteiger partial charge in [0.2, 0.25) is 0 Å². The number of aromatic nitrogens is 1. The number of nitrogen functional groups attached to an aromatic ring is 1. The summed E-state index contributed by atoms with van der Waals surface area (Å²) in [4.78, 5) is 25.3. The van der Waals surface area contributed by atoms with Crippen LogP contribution in [-0.2, 0) is 0 Å². The van der Waals surface area contributed by atoms with Gasteiger partial charge in [-0.2, -0.15) is 0 Å². The average molecular weight is 279 g/mol. The fourth-order valence-corrected chi connectivity index (χ4v) is 2.62. The molecule has 0 aliphatic carbocycles. The molecule has 0 fully saturated rings. The fourth-order valence-electron chi connectivity index (χ4n) is 1.67. The van der Waals surface area contributed by atoms with E-state index in [1.54, 1.807) is 19.1 Å². The summed E-state index contributed by atoms with van der Waals surface area (Å²) in [6, 6.07) is 4.60. The van der Waals surface area contributed by atoms with E-state index in [-0.39, 0.29) is 21.4 Å². The molecule has 1 aromatic carbocycles. The lowest BCUT2D eigenvalue weighted by atomic mass is 10.1. The second-order valence-corrected chi connectivity index (χ2v) is 4.79. The van der Waals surface area contributed by atoms with Crippen LogP contribution < -0.4 is 5.73 Å². The van der Waals surface area contributed by atoms with Crippen LogP contribution in [0.25, 0.3) is 10.6 Å². The molecule has 0 spiro atoms. The van der Waals surface area contributed by atoms with Gasteiger partial charge in [0.25, 0.3) is 5.69 Å². The maximum atomic E-state index is 11.0. The number of carbonyl (C=O) groups is 1. The first-order chi connectivity index (χ1) is 8.91. The largest absolute Gasteiger partial charge is 0.476 e. The Morgan fingerprint density at radius 3 is 2.74 bits per heavy atom. The highest BCUT2D eigenvalue weighted by Gasteiger charge is 2.23. The molecule has 0 saturated carbocycles. The zero-order valence-electron chi connectivity index (χ0n) is 9.78. The molecule has 1 aromatic heterocycles. The number of aryl methyl sites for hydroxylation is 1. The van der Waals surface area contributed by atoms with Crippen molar-refractivity contribution in [2.75, 3.05) is 5.73 Å². The van der Waals surface area contributed by atoms with E-state index in [1.165, 1.54) is 6.07 Å². The van der Waals surface area contributed by atoms with E-state index in [4.69, 9.17) is 10.8 Å². The molecule has 19 heavy (non-hydrogen) atoms. The number of benzene rings is 1. The minimum atomic E-state index is -1.25. The SMILES string of the molecule is Cc1cccc([N+](=O)[O-])c1-c1nc(C(=O)O)c(N)s1. The lowest BCUT2D eigenvalue weighted by Gasteiger charge is -2.02. The summed E-state index contributed by atoms with van der Waals surface area (Å²) in [5, 5.41) is 20.2. The molecule has 0 unspecified atom stereocenters. The van der Waals surface area contributed by atoms with E-state index in [0.29, 0.717) is 11.1 Å². The van der Waals surface area contributed by atoms with Gasteiger partial charge in [-0.1, -0.05) is 23.5 Å². The molecule has 0 aliphatic heterocycles. The third kappa shape index (κ3) is 2.25. The molecule has 8 heteroatoms. The summed E-state index contributed by atoms with van der Waals surface area (Å²) in [5.74, 6) is -1.25. The minimum Gasteiger partial charge on any atom is -0.476 e. The molecule has 0 saturated heterocycles. The number of aromatic carboxylic acids is 1. The van der Waals surface area contributed by atoms with Gasteiger partial charge in [-0.3, -0.25) is 10.1 Å². The fraction of sp³-hybridized carbons (Fsp3) is 0.0909. The van der Waals surface area contributed by atoms with Crippen molar-refractivity contribution in [3.05, 3.63) is 39.6 Å². The number of anilines is 1. The third-order valence-corrected chi connectivity index (χ3v) is 3.42. The third-order valence-electron chi connectivity index (χ3n) is 2.52. The van der Waals surface area contributed by atoms with E-state index >= 15 is 0 Å². The van der Waals surface area contributed by atoms with Gasteiger partial charge in [-0.25, -0.2) is 9.78 Å². The summed E-state index contributed by atoms with van der Waals surface area (Å²) in [6.07, 6.45) is 0. The molecule has 0 atom stereocenters. The number of hydrogen-bond acceptors (Lipinski definition) is 6. The first kappa shape index (κ1) is 13.0. The first-order valence-corrected chi connectivity index (χ1v) is 5.97. The van der Waals surface area contributed by atoms with Crippen LogP contribution in [0.2, 0.25) is 0 Å². The highest BCUT2D eigenvalue weighted by Crippen LogP contribution is 2.37. The van der Waals surface area contributed by atoms with Gasteiger partial charge in [0.05, 0.1) is 10.5 Å². The van der Waals surface area contributed by atoms with Gasteiger partial charge in [-0.15, -0.1) is 0 Å². The highest BCUT2D eigenvalue weighted by molar-refractivity contribution is 7.19. The smallest absolute Gasteiger partial charge is 0.357 e. The monoisotopic (exact) mass is 279 g/mol. The molecule has 3 N–H and O–H groups in total. The summed E-state index contributed by atoms with van der Waals surface area (Å²) in [7, 11) is 0. The lowest BCUT2D eigenvalue weighted by molar-refractivity contribution is -0.384. The van der Waals surface area contributed by atoms with Crippen LogP contribution in [0.5, 0.6) is 0 Å². The van der Waals surface area contributed by atoms with Crippen LogP contribution in [0.1, 0.15) is 16.1 Å². The van der Waals surface area contributed by atoms with Crippen LogP contribution in [0.4, 0.5) is 10.7 Å². The Hall–Kier alpha value is -2.48. The van der Waals surface area contributed by atoms with Gasteiger partial charge in [0.1, 0.15) is 10.0 Å². The van der Waals surface area contributed by atoms with Gasteiger partial charge >= 0.3 is 5.97 Å². The number of carboxylic acid groups (broad SMARTS) is 1. The minimum absolute atomic E-state index is 0.0278. The number of carboxylic acids is 1. The summed E-state index contributed by atoms with van der Waals surface area (Å²) < 4.78 is 0. The van der Waals surface area contributed by atoms with Crippen LogP contribution in [-0.4, -0.2) is 21.0 Å². The van der Waals surface area contributed by atoms with Crippen molar-refractivity contribution in [1.29, 1.82) is 0 Å². The Kier molecular flexibility index (Phi) is 3.17. The number of nitro benzene ring substituents is 1. The van der Waals surface area contributed by atoms with Gasteiger partial charge < -0.3 is 10.8 Å². The van der Waals surface area contributed by atoms with Crippen molar-refractivity contribution in [2.45, 2.75) is 6.92 Å². The van der Waals surface area contributed by atoms with Gasteiger partial charge in [0.15, 0.2) is 5.69 Å². The molecule has 1 heterocycles. The van der Waals surface area contributed by atoms with Crippen LogP contribution in [0.15, 0.2) is 18.2 Å². The van der Waals surface area contributed by atoms with E-state index < -0.39 is 10.9 Å². The van der Waals surface area contributed by atoms with E-state index in [1.807, 2.05) is 0 Å². The Morgan fingerprint density at radius 2 is 2.21 bits per heavy atom. The Bertz CT molecular complexity index is 681. The molecule has 7 nitrogen and oxygen atoms in total. The predicted octanol–water partition coefficient (Wildman–Crippen LogP) is 2.31. The van der Waals surface area contributed by atoms with E-state index in [2.05, 4.69) is 4.98 Å². The number of rotatable bonds is 3. The molecule has 98 valence electrons. The Labute approximate surface area is 111 Å². The van der Waals surface area contributed by atoms with Crippen molar-refractivity contribution >= 4 is 28.0 Å². The Balaban J connectivity index is 2.68. The summed E-state index contributed by atoms with van der Waals surface area (Å²) in [5.41, 5.74) is 6.10. The predicted molar refractivity (Wildman–Crippen MR) is 70.3 cm³/mol. The maximum Gasteiger partial charge on any atom is 0.357 e. The summed E-state index contributed by atoms with van der Waals surface area (Å²) in [6.45, 7) is 1.69. The Morgan fingerprint density at radius 1 is 1.53 bits per heavy atom. The molecular formula is C11H9N3O4S. The molecule has 0 aliphatic rings. The van der Waals surface area contributed by atoms with Crippen molar-refractivity contribution < 1.29 is 14.8 Å². The van der Waals surface area contributed by atoms with Gasteiger partial charge in [0, 0.05) is 6.07 Å². The van der Waals surface area contributed by atoms with Crippen LogP contribution in [0.3, 0.4) is 0 Å². The molecule has 0 radical (unpaired) electrons. The van der Waals surface area contributed by atoms with Crippen molar-refractivity contribution in [1.82, 2.24) is 4.98 Å². The maximum absolute atomic E-state index is 11.0. The average Bonchev–Trinajstić information content (AvgIpc) is 2.70. The number of thiazole rings is 1. The topological polar surface area (TPSA) is 119 Å². The highest BCUT2D eigenvalue weighted by atomic mass is 32.1. The van der Waals surface area contributed by atoms with Crippen molar-refractivity contribution in [3.8, 4) is 10.6 Å². The number of hydrogen-bond donors (Lipinski definition) is 2. The second-order valence-electron chi connectivity index (χ2n) is 3.76. The standard InChI is InChI=1S/C11H9N3O4S/c1-5-3-2-4-6(14(17)18)7(5)10-13-8(11(15)16)9(12)19-10/h2-4H,12H2,1H3,(H,15,16). The number of nitro groups is 1. The molecular weight excluding hydrogens is 270 g/mol. The molecule has 2 aromatic rings. The van der Waals surface area contributed by atoms with Crippen molar-refractivity contribution in [3.63, 3.8) is 0 Å². The van der Waals surface area contributed by atoms with Crippen molar-refractivity contribution in [2.24, 2.45) is 0 Å². The number of nitrogens with zero attached hydrogens (tertiary/aromatic N) is 2. The van der Waals surface area contributed by atoms with Gasteiger partial charge in [-0.05, 0) is 12.5 Å². The van der Waals surface area contributed by atoms with E-state index in [9.17, 15) is 14.9 Å². The molecule has 0 bridgehead atoms. The zero-order valence-corrected chi connectivity index (χ0v) is 10.6. The summed E-state index contributed by atoms with van der Waals surface area (Å²) >= 11 is 0.923. The molecule has 0 amide bonds. The quantitative estimate of drug-likeness (QED) is 0.657. The number of nitrogens with two attached hydrogens (primary N) is 1. The lowest BCUT2D eigenvalue weighted by Crippen LogP contribution is -2.00. The second kappa shape index (κ2) is 4.65. The van der Waals surface area contributed by atoms with Crippen LogP contribution >= 0.6 is 11.3 Å². The molecule has 2 rings (SSSR count). The first-order valence-electron chi connectivity index (χ1n) is 5.15. The van der Waals surface area contributed by atoms with Crippen LogP contribution in [0, 0.1) is 17.0 Å². The zero-order chi connectivity index (χ0) is 14.2.